The predicted molar refractivity (Wildman–Crippen MR) is 62.5 cm³/mol. The Balaban J connectivity index is 0.000000140. The molecule has 0 aromatic rings. The summed E-state index contributed by atoms with van der Waals surface area (Å²) in [7, 11) is 2.18. The van der Waals surface area contributed by atoms with Crippen molar-refractivity contribution >= 4 is 0 Å². The molecule has 1 N–H and O–H groups in total. The zero-order valence-electron chi connectivity index (χ0n) is 10.2. The number of nitrogens with one attached hydrogen (secondary N) is 1. The average Bonchev–Trinajstić information content (AvgIpc) is 2.65. The molecule has 3 atom stereocenters. The van der Waals surface area contributed by atoms with Crippen molar-refractivity contribution in [1.29, 1.82) is 0 Å². The largest absolute Gasteiger partial charge is 0.314 e. The van der Waals surface area contributed by atoms with Gasteiger partial charge in [-0.15, -0.1) is 0 Å². The number of rotatable bonds is 0. The summed E-state index contributed by atoms with van der Waals surface area (Å²) in [6.07, 6.45) is 2.76. The standard InChI is InChI=1S/2C6H13N/c1-6-3-4-7(2)5-6;1-5-3-4-7-6(5)2/h6H,3-5H2,1-2H3;5-7H,3-4H2,1-2H3. The molecule has 0 aromatic carbocycles. The summed E-state index contributed by atoms with van der Waals surface area (Å²) in [6, 6.07) is 0.764. The number of hydrogen-bond donors (Lipinski definition) is 1. The van der Waals surface area contributed by atoms with Crippen molar-refractivity contribution in [2.45, 2.75) is 39.7 Å². The summed E-state index contributed by atoms with van der Waals surface area (Å²) < 4.78 is 0. The molecule has 2 rings (SSSR count). The minimum atomic E-state index is 0.764. The van der Waals surface area contributed by atoms with Crippen LogP contribution in [0.5, 0.6) is 0 Å². The van der Waals surface area contributed by atoms with Crippen molar-refractivity contribution in [3.05, 3.63) is 0 Å². The van der Waals surface area contributed by atoms with E-state index >= 15 is 0 Å². The first kappa shape index (κ1) is 12.0. The monoisotopic (exact) mass is 198 g/mol. The quantitative estimate of drug-likeness (QED) is 0.640. The second-order valence-electron chi connectivity index (χ2n) is 5.16. The Morgan fingerprint density at radius 3 is 2.00 bits per heavy atom. The van der Waals surface area contributed by atoms with Crippen molar-refractivity contribution in [2.24, 2.45) is 11.8 Å². The maximum Gasteiger partial charge on any atom is 0.00648 e. The summed E-state index contributed by atoms with van der Waals surface area (Å²) in [6.45, 7) is 10.7. The highest BCUT2D eigenvalue weighted by molar-refractivity contribution is 4.75. The molecule has 2 heteroatoms. The fraction of sp³-hybridized carbons (Fsp3) is 1.00. The number of likely N-dealkylation sites (tertiary alicyclic amines) is 1. The number of nitrogens with zero attached hydrogens (tertiary/aromatic N) is 1. The number of hydrogen-bond acceptors (Lipinski definition) is 2. The highest BCUT2D eigenvalue weighted by atomic mass is 15.1. The van der Waals surface area contributed by atoms with Crippen LogP contribution in [0.1, 0.15) is 33.6 Å². The molecule has 2 aliphatic heterocycles. The first-order chi connectivity index (χ1) is 6.59. The van der Waals surface area contributed by atoms with Crippen LogP contribution in [0.15, 0.2) is 0 Å². The molecule has 2 aliphatic rings. The van der Waals surface area contributed by atoms with E-state index in [0.717, 1.165) is 17.9 Å². The molecule has 0 radical (unpaired) electrons. The molecular weight excluding hydrogens is 172 g/mol. The lowest BCUT2D eigenvalue weighted by atomic mass is 10.1. The van der Waals surface area contributed by atoms with Gasteiger partial charge in [-0.05, 0) is 51.7 Å². The molecule has 0 bridgehead atoms. The van der Waals surface area contributed by atoms with Gasteiger partial charge in [0.2, 0.25) is 0 Å². The topological polar surface area (TPSA) is 15.3 Å². The predicted octanol–water partition coefficient (Wildman–Crippen LogP) is 1.96. The molecule has 14 heavy (non-hydrogen) atoms. The minimum absolute atomic E-state index is 0.764. The van der Waals surface area contributed by atoms with Gasteiger partial charge in [-0.3, -0.25) is 0 Å². The van der Waals surface area contributed by atoms with Crippen LogP contribution in [-0.4, -0.2) is 37.6 Å². The fourth-order valence-electron chi connectivity index (χ4n) is 2.15. The Labute approximate surface area is 89.1 Å². The van der Waals surface area contributed by atoms with Gasteiger partial charge >= 0.3 is 0 Å². The molecule has 0 aliphatic carbocycles. The van der Waals surface area contributed by atoms with Gasteiger partial charge in [0.1, 0.15) is 0 Å². The lowest BCUT2D eigenvalue weighted by Crippen LogP contribution is -2.20. The molecule has 2 nitrogen and oxygen atoms in total. The Bertz CT molecular complexity index is 142. The third kappa shape index (κ3) is 3.97. The van der Waals surface area contributed by atoms with Gasteiger partial charge in [-0.1, -0.05) is 13.8 Å². The van der Waals surface area contributed by atoms with Gasteiger partial charge in [0.15, 0.2) is 0 Å². The molecular formula is C12H26N2. The zero-order valence-corrected chi connectivity index (χ0v) is 10.2. The first-order valence-corrected chi connectivity index (χ1v) is 6.01. The van der Waals surface area contributed by atoms with Crippen LogP contribution in [0.25, 0.3) is 0 Å². The van der Waals surface area contributed by atoms with Crippen molar-refractivity contribution in [3.8, 4) is 0 Å². The molecule has 0 aromatic heterocycles. The van der Waals surface area contributed by atoms with Gasteiger partial charge < -0.3 is 10.2 Å². The van der Waals surface area contributed by atoms with Crippen LogP contribution >= 0.6 is 0 Å². The second kappa shape index (κ2) is 5.72. The third-order valence-corrected chi connectivity index (χ3v) is 3.55. The van der Waals surface area contributed by atoms with E-state index in [9.17, 15) is 0 Å². The minimum Gasteiger partial charge on any atom is -0.314 e. The highest BCUT2D eigenvalue weighted by Gasteiger charge is 2.16. The molecule has 2 heterocycles. The van der Waals surface area contributed by atoms with E-state index in [-0.39, 0.29) is 0 Å². The summed E-state index contributed by atoms with van der Waals surface area (Å²) in [5.74, 6) is 1.85. The summed E-state index contributed by atoms with van der Waals surface area (Å²) in [5.41, 5.74) is 0. The SMILES string of the molecule is CC1CCN(C)C1.CC1CCNC1C. The highest BCUT2D eigenvalue weighted by Crippen LogP contribution is 2.12. The average molecular weight is 198 g/mol. The normalized spacial score (nSPS) is 38.1. The van der Waals surface area contributed by atoms with Gasteiger partial charge in [-0.2, -0.15) is 0 Å². The van der Waals surface area contributed by atoms with E-state index in [1.54, 1.807) is 0 Å². The van der Waals surface area contributed by atoms with E-state index in [0.29, 0.717) is 0 Å². The van der Waals surface area contributed by atoms with Crippen LogP contribution in [0.4, 0.5) is 0 Å². The van der Waals surface area contributed by atoms with Crippen LogP contribution < -0.4 is 5.32 Å². The van der Waals surface area contributed by atoms with Crippen LogP contribution in [0.3, 0.4) is 0 Å². The van der Waals surface area contributed by atoms with Crippen LogP contribution in [0, 0.1) is 11.8 Å². The fourth-order valence-corrected chi connectivity index (χ4v) is 2.15. The smallest absolute Gasteiger partial charge is 0.00648 e. The lowest BCUT2D eigenvalue weighted by molar-refractivity contribution is 0.402. The Morgan fingerprint density at radius 1 is 1.14 bits per heavy atom. The van der Waals surface area contributed by atoms with E-state index in [1.165, 1.54) is 32.5 Å². The lowest BCUT2D eigenvalue weighted by Gasteiger charge is -2.05. The Hall–Kier alpha value is -0.0800. The van der Waals surface area contributed by atoms with Crippen molar-refractivity contribution in [2.75, 3.05) is 26.7 Å². The van der Waals surface area contributed by atoms with Gasteiger partial charge in [0.25, 0.3) is 0 Å². The molecule has 0 amide bonds. The van der Waals surface area contributed by atoms with Crippen molar-refractivity contribution < 1.29 is 0 Å². The van der Waals surface area contributed by atoms with Crippen molar-refractivity contribution in [3.63, 3.8) is 0 Å². The molecule has 2 saturated heterocycles. The first-order valence-electron chi connectivity index (χ1n) is 6.01. The van der Waals surface area contributed by atoms with E-state index < -0.39 is 0 Å². The zero-order chi connectivity index (χ0) is 10.6. The third-order valence-electron chi connectivity index (χ3n) is 3.55. The molecule has 3 unspecified atom stereocenters. The molecule has 0 spiro atoms. The van der Waals surface area contributed by atoms with Crippen LogP contribution in [0.2, 0.25) is 0 Å². The van der Waals surface area contributed by atoms with Crippen molar-refractivity contribution in [1.82, 2.24) is 10.2 Å². The van der Waals surface area contributed by atoms with Crippen LogP contribution in [-0.2, 0) is 0 Å². The van der Waals surface area contributed by atoms with E-state index in [4.69, 9.17) is 0 Å². The second-order valence-corrected chi connectivity index (χ2v) is 5.16. The Kier molecular flexibility index (Phi) is 4.90. The molecule has 2 fully saturated rings. The molecule has 0 saturated carbocycles. The molecule has 84 valence electrons. The maximum atomic E-state index is 3.37. The van der Waals surface area contributed by atoms with Gasteiger partial charge in [0.05, 0.1) is 0 Å². The summed E-state index contributed by atoms with van der Waals surface area (Å²) in [4.78, 5) is 2.38. The van der Waals surface area contributed by atoms with Gasteiger partial charge in [-0.25, -0.2) is 0 Å². The van der Waals surface area contributed by atoms with E-state index in [1.807, 2.05) is 0 Å². The van der Waals surface area contributed by atoms with E-state index in [2.05, 4.69) is 38.0 Å². The maximum absolute atomic E-state index is 3.37. The summed E-state index contributed by atoms with van der Waals surface area (Å²) in [5, 5.41) is 3.37. The summed E-state index contributed by atoms with van der Waals surface area (Å²) >= 11 is 0. The Morgan fingerprint density at radius 2 is 1.86 bits per heavy atom. The van der Waals surface area contributed by atoms with Gasteiger partial charge in [0, 0.05) is 12.6 Å².